The van der Waals surface area contributed by atoms with Gasteiger partial charge in [0.1, 0.15) is 29.6 Å². The molecular formula is C23H17Cl2NO5. The highest BCUT2D eigenvalue weighted by molar-refractivity contribution is 6.35. The van der Waals surface area contributed by atoms with E-state index in [2.05, 4.69) is 5.32 Å². The predicted molar refractivity (Wildman–Crippen MR) is 119 cm³/mol. The van der Waals surface area contributed by atoms with Crippen molar-refractivity contribution in [2.24, 2.45) is 0 Å². The van der Waals surface area contributed by atoms with Crippen molar-refractivity contribution in [2.75, 3.05) is 12.4 Å². The standard InChI is InChI=1S/C23H17Cl2NO5/c1-29-22-11-16(2-4-18(22)20-5-3-17(12-27)30-20)26-23(28)21-7-6-19(31-21)13-8-14(24)10-15(25)9-13/h2-11,27H,12H2,1H3,(H,26,28). The summed E-state index contributed by atoms with van der Waals surface area (Å²) in [6.07, 6.45) is 0. The molecule has 0 radical (unpaired) electrons. The van der Waals surface area contributed by atoms with Gasteiger partial charge in [0.2, 0.25) is 0 Å². The number of hydrogen-bond donors (Lipinski definition) is 2. The Hall–Kier alpha value is -3.19. The predicted octanol–water partition coefficient (Wildman–Crippen LogP) is 6.27. The van der Waals surface area contributed by atoms with Gasteiger partial charge < -0.3 is 24.0 Å². The van der Waals surface area contributed by atoms with Crippen LogP contribution in [0.5, 0.6) is 5.75 Å². The minimum absolute atomic E-state index is 0.132. The lowest BCUT2D eigenvalue weighted by atomic mass is 10.1. The molecule has 2 aromatic carbocycles. The highest BCUT2D eigenvalue weighted by atomic mass is 35.5. The van der Waals surface area contributed by atoms with Crippen LogP contribution in [0.2, 0.25) is 10.0 Å². The molecule has 0 bridgehead atoms. The lowest BCUT2D eigenvalue weighted by molar-refractivity contribution is 0.0997. The van der Waals surface area contributed by atoms with Gasteiger partial charge >= 0.3 is 0 Å². The molecule has 0 fully saturated rings. The summed E-state index contributed by atoms with van der Waals surface area (Å²) in [5.41, 5.74) is 1.88. The fourth-order valence-electron chi connectivity index (χ4n) is 3.08. The average Bonchev–Trinajstić information content (AvgIpc) is 3.43. The molecule has 6 nitrogen and oxygen atoms in total. The largest absolute Gasteiger partial charge is 0.496 e. The van der Waals surface area contributed by atoms with Crippen molar-refractivity contribution < 1.29 is 23.5 Å². The normalized spacial score (nSPS) is 10.8. The Morgan fingerprint density at radius 2 is 1.71 bits per heavy atom. The number of methoxy groups -OCH3 is 1. The Balaban J connectivity index is 1.54. The Morgan fingerprint density at radius 1 is 0.968 bits per heavy atom. The van der Waals surface area contributed by atoms with Gasteiger partial charge in [-0.3, -0.25) is 4.79 Å². The number of carbonyl (C=O) groups excluding carboxylic acids is 1. The third-order valence-electron chi connectivity index (χ3n) is 4.52. The topological polar surface area (TPSA) is 84.8 Å². The maximum atomic E-state index is 12.6. The van der Waals surface area contributed by atoms with Gasteiger partial charge in [-0.2, -0.15) is 0 Å². The molecule has 2 aromatic heterocycles. The van der Waals surface area contributed by atoms with Gasteiger partial charge in [0, 0.05) is 27.4 Å². The Bertz CT molecular complexity index is 1220. The van der Waals surface area contributed by atoms with Crippen molar-refractivity contribution in [2.45, 2.75) is 6.61 Å². The summed E-state index contributed by atoms with van der Waals surface area (Å²) in [7, 11) is 1.52. The minimum atomic E-state index is -0.422. The molecule has 0 saturated carbocycles. The Kier molecular flexibility index (Phi) is 6.04. The van der Waals surface area contributed by atoms with Crippen LogP contribution < -0.4 is 10.1 Å². The summed E-state index contributed by atoms with van der Waals surface area (Å²) < 4.78 is 16.7. The molecule has 158 valence electrons. The van der Waals surface area contributed by atoms with Gasteiger partial charge in [0.05, 0.1) is 12.7 Å². The summed E-state index contributed by atoms with van der Waals surface area (Å²) in [6, 6.07) is 16.9. The molecule has 1 amide bonds. The molecule has 4 aromatic rings. The quantitative estimate of drug-likeness (QED) is 0.356. The number of carbonyl (C=O) groups is 1. The average molecular weight is 458 g/mol. The number of anilines is 1. The molecule has 0 aliphatic heterocycles. The minimum Gasteiger partial charge on any atom is -0.496 e. The fourth-order valence-corrected chi connectivity index (χ4v) is 3.61. The van der Waals surface area contributed by atoms with E-state index in [1.807, 2.05) is 0 Å². The highest BCUT2D eigenvalue weighted by Gasteiger charge is 2.16. The number of aliphatic hydroxyl groups is 1. The Labute approximate surface area is 188 Å². The molecule has 4 rings (SSSR count). The van der Waals surface area contributed by atoms with Crippen LogP contribution in [0.25, 0.3) is 22.6 Å². The molecule has 2 heterocycles. The first kappa shape index (κ1) is 21.1. The monoisotopic (exact) mass is 457 g/mol. The van der Waals surface area contributed by atoms with Crippen molar-refractivity contribution in [1.29, 1.82) is 0 Å². The van der Waals surface area contributed by atoms with Crippen molar-refractivity contribution in [3.8, 4) is 28.4 Å². The van der Waals surface area contributed by atoms with E-state index >= 15 is 0 Å². The highest BCUT2D eigenvalue weighted by Crippen LogP contribution is 2.34. The third-order valence-corrected chi connectivity index (χ3v) is 4.96. The van der Waals surface area contributed by atoms with Crippen LogP contribution in [-0.4, -0.2) is 18.1 Å². The van der Waals surface area contributed by atoms with Gasteiger partial charge in [-0.05, 0) is 54.6 Å². The first-order valence-electron chi connectivity index (χ1n) is 9.22. The molecule has 0 unspecified atom stereocenters. The summed E-state index contributed by atoms with van der Waals surface area (Å²) in [6.45, 7) is -0.191. The number of rotatable bonds is 6. The van der Waals surface area contributed by atoms with Crippen molar-refractivity contribution in [3.63, 3.8) is 0 Å². The summed E-state index contributed by atoms with van der Waals surface area (Å²) in [4.78, 5) is 12.6. The lowest BCUT2D eigenvalue weighted by Crippen LogP contribution is -2.10. The van der Waals surface area contributed by atoms with Crippen molar-refractivity contribution in [3.05, 3.63) is 82.2 Å². The van der Waals surface area contributed by atoms with E-state index in [9.17, 15) is 9.90 Å². The van der Waals surface area contributed by atoms with Crippen molar-refractivity contribution in [1.82, 2.24) is 0 Å². The van der Waals surface area contributed by atoms with Crippen LogP contribution in [0.1, 0.15) is 16.3 Å². The van der Waals surface area contributed by atoms with Gasteiger partial charge in [-0.25, -0.2) is 0 Å². The van der Waals surface area contributed by atoms with Crippen LogP contribution in [0.3, 0.4) is 0 Å². The second-order valence-electron chi connectivity index (χ2n) is 6.62. The van der Waals surface area contributed by atoms with Gasteiger partial charge in [-0.1, -0.05) is 23.2 Å². The maximum Gasteiger partial charge on any atom is 0.291 e. The Morgan fingerprint density at radius 3 is 2.39 bits per heavy atom. The number of nitrogens with one attached hydrogen (secondary N) is 1. The van der Waals surface area contributed by atoms with E-state index < -0.39 is 5.91 Å². The molecule has 0 atom stereocenters. The zero-order valence-electron chi connectivity index (χ0n) is 16.3. The fraction of sp³-hybridized carbons (Fsp3) is 0.0870. The van der Waals surface area contributed by atoms with Gasteiger partial charge in [0.15, 0.2) is 5.76 Å². The van der Waals surface area contributed by atoms with Crippen LogP contribution in [-0.2, 0) is 6.61 Å². The summed E-state index contributed by atoms with van der Waals surface area (Å²) in [5.74, 6) is 1.69. The smallest absolute Gasteiger partial charge is 0.291 e. The summed E-state index contributed by atoms with van der Waals surface area (Å²) >= 11 is 12.1. The second kappa shape index (κ2) is 8.89. The molecule has 0 saturated heterocycles. The number of benzene rings is 2. The maximum absolute atomic E-state index is 12.6. The number of aliphatic hydroxyl groups excluding tert-OH is 1. The van der Waals surface area contributed by atoms with E-state index in [0.29, 0.717) is 49.9 Å². The molecule has 0 spiro atoms. The van der Waals surface area contributed by atoms with E-state index in [-0.39, 0.29) is 12.4 Å². The van der Waals surface area contributed by atoms with E-state index in [1.165, 1.54) is 7.11 Å². The van der Waals surface area contributed by atoms with Crippen LogP contribution in [0, 0.1) is 0 Å². The van der Waals surface area contributed by atoms with Gasteiger partial charge in [-0.15, -0.1) is 0 Å². The van der Waals surface area contributed by atoms with E-state index in [1.54, 1.807) is 60.7 Å². The molecule has 31 heavy (non-hydrogen) atoms. The SMILES string of the molecule is COc1cc(NC(=O)c2ccc(-c3cc(Cl)cc(Cl)c3)o2)ccc1-c1ccc(CO)o1. The molecule has 8 heteroatoms. The van der Waals surface area contributed by atoms with Crippen LogP contribution >= 0.6 is 23.2 Å². The summed E-state index contributed by atoms with van der Waals surface area (Å²) in [5, 5.41) is 12.9. The number of furan rings is 2. The lowest BCUT2D eigenvalue weighted by Gasteiger charge is -2.10. The van der Waals surface area contributed by atoms with E-state index in [0.717, 1.165) is 0 Å². The number of hydrogen-bond acceptors (Lipinski definition) is 5. The number of halogens is 2. The number of ether oxygens (including phenoxy) is 1. The molecule has 0 aliphatic carbocycles. The first-order valence-corrected chi connectivity index (χ1v) is 9.98. The molecular weight excluding hydrogens is 441 g/mol. The number of amides is 1. The third kappa shape index (κ3) is 4.61. The zero-order valence-corrected chi connectivity index (χ0v) is 17.8. The van der Waals surface area contributed by atoms with Crippen LogP contribution in [0.15, 0.2) is 69.5 Å². The van der Waals surface area contributed by atoms with Gasteiger partial charge in [0.25, 0.3) is 5.91 Å². The second-order valence-corrected chi connectivity index (χ2v) is 7.49. The zero-order chi connectivity index (χ0) is 22.0. The van der Waals surface area contributed by atoms with Crippen molar-refractivity contribution >= 4 is 34.8 Å². The molecule has 2 N–H and O–H groups in total. The van der Waals surface area contributed by atoms with E-state index in [4.69, 9.17) is 36.8 Å². The van der Waals surface area contributed by atoms with Crippen LogP contribution in [0.4, 0.5) is 5.69 Å². The first-order chi connectivity index (χ1) is 15.0. The molecule has 0 aliphatic rings.